The molecule has 5 atom stereocenters. The quantitative estimate of drug-likeness (QED) is 0.344. The average Bonchev–Trinajstić information content (AvgIpc) is 3.25. The SMILES string of the molecule is C[NH+](C)CCNC(=O)C[C@@H]1c2nc(NC(=O)N3CCOCC3)sc2C[C@@H]2[C@](C)(CO)[C@H](O)CC[C@]21C. The first-order valence-electron chi connectivity index (χ1n) is 13.1. The predicted octanol–water partition coefficient (Wildman–Crippen LogP) is 0.0735. The summed E-state index contributed by atoms with van der Waals surface area (Å²) in [6.07, 6.45) is 1.68. The van der Waals surface area contributed by atoms with Crippen LogP contribution < -0.4 is 15.5 Å². The highest BCUT2D eigenvalue weighted by Gasteiger charge is 2.59. The molecule has 1 saturated carbocycles. The molecule has 2 heterocycles. The van der Waals surface area contributed by atoms with Gasteiger partial charge in [0.15, 0.2) is 5.13 Å². The smallest absolute Gasteiger partial charge is 0.323 e. The Labute approximate surface area is 217 Å². The number of anilines is 1. The number of morpholine rings is 1. The van der Waals surface area contributed by atoms with E-state index < -0.39 is 11.5 Å². The number of fused-ring (bicyclic) bond motifs is 2. The summed E-state index contributed by atoms with van der Waals surface area (Å²) in [5.74, 6) is -0.196. The highest BCUT2D eigenvalue weighted by molar-refractivity contribution is 7.15. The minimum atomic E-state index is -0.672. The molecular weight excluding hydrogens is 482 g/mol. The zero-order valence-electron chi connectivity index (χ0n) is 21.9. The van der Waals surface area contributed by atoms with Crippen LogP contribution in [0.15, 0.2) is 0 Å². The lowest BCUT2D eigenvalue weighted by molar-refractivity contribution is -0.856. The molecule has 36 heavy (non-hydrogen) atoms. The van der Waals surface area contributed by atoms with E-state index in [0.29, 0.717) is 57.2 Å². The maximum Gasteiger partial charge on any atom is 0.323 e. The van der Waals surface area contributed by atoms with Gasteiger partial charge in [-0.2, -0.15) is 0 Å². The fourth-order valence-electron chi connectivity index (χ4n) is 6.35. The molecule has 202 valence electrons. The van der Waals surface area contributed by atoms with Gasteiger partial charge in [-0.1, -0.05) is 13.8 Å². The molecule has 0 radical (unpaired) electrons. The number of aliphatic hydroxyl groups is 2. The first-order chi connectivity index (χ1) is 17.1. The molecule has 4 rings (SSSR count). The molecule has 1 saturated heterocycles. The summed E-state index contributed by atoms with van der Waals surface area (Å²) in [5.41, 5.74) is -0.108. The van der Waals surface area contributed by atoms with Crippen LogP contribution in [-0.2, 0) is 16.0 Å². The Morgan fingerprint density at radius 3 is 2.67 bits per heavy atom. The summed E-state index contributed by atoms with van der Waals surface area (Å²) in [6.45, 7) is 7.61. The van der Waals surface area contributed by atoms with Crippen molar-refractivity contribution in [3.05, 3.63) is 10.6 Å². The van der Waals surface area contributed by atoms with Gasteiger partial charge >= 0.3 is 6.03 Å². The van der Waals surface area contributed by atoms with Crippen LogP contribution in [-0.4, -0.2) is 98.2 Å². The number of aromatic nitrogens is 1. The Hall–Kier alpha value is -1.79. The Balaban J connectivity index is 1.62. The van der Waals surface area contributed by atoms with Gasteiger partial charge in [0.05, 0.1) is 58.8 Å². The van der Waals surface area contributed by atoms with Gasteiger partial charge in [-0.05, 0) is 30.6 Å². The molecule has 0 aromatic carbocycles. The van der Waals surface area contributed by atoms with Gasteiger partial charge in [-0.25, -0.2) is 9.78 Å². The van der Waals surface area contributed by atoms with Crippen LogP contribution in [0.3, 0.4) is 0 Å². The number of hydrogen-bond acceptors (Lipinski definition) is 7. The van der Waals surface area contributed by atoms with E-state index in [4.69, 9.17) is 9.72 Å². The zero-order valence-corrected chi connectivity index (χ0v) is 22.7. The lowest BCUT2D eigenvalue weighted by atomic mass is 9.47. The number of quaternary nitrogens is 1. The molecule has 2 fully saturated rings. The van der Waals surface area contributed by atoms with E-state index in [0.717, 1.165) is 23.5 Å². The number of carbonyl (C=O) groups is 2. The standard InChI is InChI=1S/C25H41N5O5S/c1-24-6-5-19(32)25(2,15-31)18(24)14-17-21(16(24)13-20(33)26-7-8-29(3)4)27-22(36-17)28-23(34)30-9-11-35-12-10-30/h16,18-19,31-32H,5-15H2,1-4H3,(H,26,33)(H,27,28,34)/p+1/t16-,18+,19-,24+,25+/m1/s1. The number of carbonyl (C=O) groups excluding carboxylic acids is 2. The lowest BCUT2D eigenvalue weighted by Crippen LogP contribution is -3.06. The molecule has 2 aliphatic carbocycles. The van der Waals surface area contributed by atoms with Crippen molar-refractivity contribution in [2.45, 2.75) is 51.6 Å². The van der Waals surface area contributed by atoms with E-state index in [2.05, 4.69) is 31.7 Å². The normalized spacial score (nSPS) is 32.1. The van der Waals surface area contributed by atoms with Crippen LogP contribution in [0.1, 0.15) is 49.6 Å². The second-order valence-corrected chi connectivity index (χ2v) is 12.5. The van der Waals surface area contributed by atoms with Crippen molar-refractivity contribution in [3.63, 3.8) is 0 Å². The van der Waals surface area contributed by atoms with Crippen LogP contribution in [0.4, 0.5) is 9.93 Å². The molecule has 3 amide bonds. The fourth-order valence-corrected chi connectivity index (χ4v) is 7.40. The molecule has 5 N–H and O–H groups in total. The Morgan fingerprint density at radius 2 is 2.00 bits per heavy atom. The number of nitrogens with one attached hydrogen (secondary N) is 3. The first-order valence-corrected chi connectivity index (χ1v) is 13.9. The Morgan fingerprint density at radius 1 is 1.28 bits per heavy atom. The monoisotopic (exact) mass is 524 g/mol. The molecule has 1 aromatic heterocycles. The largest absolute Gasteiger partial charge is 0.396 e. The number of rotatable bonds is 7. The van der Waals surface area contributed by atoms with Gasteiger partial charge in [0.1, 0.15) is 0 Å². The number of thiazole rings is 1. The Bertz CT molecular complexity index is 951. The third kappa shape index (κ3) is 5.26. The molecule has 0 unspecified atom stereocenters. The van der Waals surface area contributed by atoms with Crippen molar-refractivity contribution in [1.29, 1.82) is 0 Å². The molecule has 0 spiro atoms. The molecule has 1 aromatic rings. The van der Waals surface area contributed by atoms with Crippen molar-refractivity contribution in [1.82, 2.24) is 15.2 Å². The molecule has 11 heteroatoms. The summed E-state index contributed by atoms with van der Waals surface area (Å²) in [6, 6.07) is -0.191. The third-order valence-electron chi connectivity index (χ3n) is 8.74. The predicted molar refractivity (Wildman–Crippen MR) is 137 cm³/mol. The molecule has 3 aliphatic rings. The van der Waals surface area contributed by atoms with Gasteiger partial charge in [0.2, 0.25) is 5.91 Å². The van der Waals surface area contributed by atoms with Crippen molar-refractivity contribution < 1.29 is 29.4 Å². The van der Waals surface area contributed by atoms with Crippen molar-refractivity contribution in [2.75, 3.05) is 65.4 Å². The third-order valence-corrected chi connectivity index (χ3v) is 9.75. The highest BCUT2D eigenvalue weighted by atomic mass is 32.1. The van der Waals surface area contributed by atoms with Crippen LogP contribution in [0.2, 0.25) is 0 Å². The van der Waals surface area contributed by atoms with Gasteiger partial charge in [0, 0.05) is 35.7 Å². The van der Waals surface area contributed by atoms with E-state index in [1.807, 2.05) is 6.92 Å². The van der Waals surface area contributed by atoms with Gasteiger partial charge < -0.3 is 30.1 Å². The summed E-state index contributed by atoms with van der Waals surface area (Å²) >= 11 is 1.45. The number of nitrogens with zero attached hydrogens (tertiary/aromatic N) is 2. The van der Waals surface area contributed by atoms with Crippen molar-refractivity contribution >= 4 is 28.4 Å². The molecular formula is C25H42N5O5S+. The van der Waals surface area contributed by atoms with Crippen LogP contribution in [0.25, 0.3) is 0 Å². The molecule has 10 nitrogen and oxygen atoms in total. The minimum Gasteiger partial charge on any atom is -0.396 e. The van der Waals surface area contributed by atoms with Crippen molar-refractivity contribution in [3.8, 4) is 0 Å². The number of hydrogen-bond donors (Lipinski definition) is 5. The van der Waals surface area contributed by atoms with E-state index >= 15 is 0 Å². The second kappa shape index (κ2) is 10.9. The van der Waals surface area contributed by atoms with Crippen LogP contribution in [0.5, 0.6) is 0 Å². The molecule has 1 aliphatic heterocycles. The Kier molecular flexibility index (Phi) is 8.25. The summed E-state index contributed by atoms with van der Waals surface area (Å²) < 4.78 is 5.35. The van der Waals surface area contributed by atoms with Gasteiger partial charge in [0.25, 0.3) is 0 Å². The number of ether oxygens (including phenoxy) is 1. The first kappa shape index (κ1) is 27.3. The summed E-state index contributed by atoms with van der Waals surface area (Å²) in [5, 5.41) is 27.9. The number of likely N-dealkylation sites (N-methyl/N-ethyl adjacent to an activating group) is 1. The summed E-state index contributed by atoms with van der Waals surface area (Å²) in [7, 11) is 4.10. The molecule has 0 bridgehead atoms. The number of urea groups is 1. The lowest BCUT2D eigenvalue weighted by Gasteiger charge is -2.58. The number of aliphatic hydroxyl groups excluding tert-OH is 2. The maximum atomic E-state index is 13.1. The maximum absolute atomic E-state index is 13.1. The topological polar surface area (TPSA) is 128 Å². The van der Waals surface area contributed by atoms with E-state index in [9.17, 15) is 19.8 Å². The zero-order chi connectivity index (χ0) is 26.1. The van der Waals surface area contributed by atoms with E-state index in [1.54, 1.807) is 4.90 Å². The van der Waals surface area contributed by atoms with Crippen LogP contribution >= 0.6 is 11.3 Å². The van der Waals surface area contributed by atoms with E-state index in [1.165, 1.54) is 16.2 Å². The number of amides is 3. The fraction of sp³-hybridized carbons (Fsp3) is 0.800. The minimum absolute atomic E-state index is 0.0153. The highest BCUT2D eigenvalue weighted by Crippen LogP contribution is 2.62. The average molecular weight is 525 g/mol. The van der Waals surface area contributed by atoms with Crippen LogP contribution in [0, 0.1) is 16.7 Å². The second-order valence-electron chi connectivity index (χ2n) is 11.4. The van der Waals surface area contributed by atoms with E-state index in [-0.39, 0.29) is 35.8 Å². The summed E-state index contributed by atoms with van der Waals surface area (Å²) in [4.78, 5) is 34.8. The van der Waals surface area contributed by atoms with Gasteiger partial charge in [-0.15, -0.1) is 11.3 Å². The van der Waals surface area contributed by atoms with Crippen molar-refractivity contribution in [2.24, 2.45) is 16.7 Å². The van der Waals surface area contributed by atoms with Gasteiger partial charge in [-0.3, -0.25) is 10.1 Å².